The van der Waals surface area contributed by atoms with Crippen LogP contribution in [0.2, 0.25) is 0 Å². The van der Waals surface area contributed by atoms with Crippen LogP contribution in [-0.2, 0) is 18.9 Å². The molecule has 4 atom stereocenters. The van der Waals surface area contributed by atoms with Gasteiger partial charge in [-0.1, -0.05) is 58.3 Å². The lowest BCUT2D eigenvalue weighted by Crippen LogP contribution is -2.44. The van der Waals surface area contributed by atoms with Crippen molar-refractivity contribution in [2.75, 3.05) is 21.3 Å². The Bertz CT molecular complexity index is 361. The second kappa shape index (κ2) is 11.6. The van der Waals surface area contributed by atoms with Gasteiger partial charge in [-0.2, -0.15) is 0 Å². The first-order chi connectivity index (χ1) is 12.7. The Morgan fingerprint density at radius 3 is 2.15 bits per heavy atom. The number of fused-ring (bicyclic) bond motifs is 1. The van der Waals surface area contributed by atoms with E-state index in [-0.39, 0.29) is 0 Å². The number of methoxy groups -OCH3 is 3. The summed E-state index contributed by atoms with van der Waals surface area (Å²) in [6, 6.07) is 0. The van der Waals surface area contributed by atoms with Gasteiger partial charge in [0.2, 0.25) is 0 Å². The lowest BCUT2D eigenvalue weighted by Gasteiger charge is -2.37. The normalized spacial score (nSPS) is 26.5. The predicted molar refractivity (Wildman–Crippen MR) is 105 cm³/mol. The van der Waals surface area contributed by atoms with Crippen LogP contribution in [0.4, 0.5) is 0 Å². The molecule has 1 heterocycles. The molecule has 1 saturated heterocycles. The lowest BCUT2D eigenvalue weighted by molar-refractivity contribution is -0.380. The summed E-state index contributed by atoms with van der Waals surface area (Å²) in [5, 5.41) is 0. The summed E-state index contributed by atoms with van der Waals surface area (Å²) in [6.07, 6.45) is 17.7. The minimum Gasteiger partial charge on any atom is -0.370 e. The smallest absolute Gasteiger partial charge is 0.285 e. The van der Waals surface area contributed by atoms with Gasteiger partial charge in [-0.05, 0) is 38.0 Å². The molecule has 4 unspecified atom stereocenters. The topological polar surface area (TPSA) is 40.2 Å². The molecule has 0 spiro atoms. The molecule has 26 heavy (non-hydrogen) atoms. The van der Waals surface area contributed by atoms with E-state index in [1.165, 1.54) is 70.6 Å². The van der Waals surface area contributed by atoms with E-state index in [1.807, 2.05) is 0 Å². The molecule has 4 heteroatoms. The highest BCUT2D eigenvalue weighted by Crippen LogP contribution is 2.42. The molecular weight excluding hydrogens is 328 g/mol. The maximum absolute atomic E-state index is 5.70. The quantitative estimate of drug-likeness (QED) is 0.211. The van der Waals surface area contributed by atoms with Gasteiger partial charge in [-0.25, -0.2) is 0 Å². The van der Waals surface area contributed by atoms with Crippen molar-refractivity contribution < 1.29 is 18.9 Å². The van der Waals surface area contributed by atoms with Gasteiger partial charge in [-0.3, -0.25) is 0 Å². The Labute approximate surface area is 161 Å². The maximum atomic E-state index is 5.70. The molecule has 0 amide bonds. The van der Waals surface area contributed by atoms with Crippen molar-refractivity contribution in [2.24, 2.45) is 11.8 Å². The molecule has 0 N–H and O–H groups in total. The Balaban J connectivity index is 1.75. The summed E-state index contributed by atoms with van der Waals surface area (Å²) in [4.78, 5) is 0. The van der Waals surface area contributed by atoms with E-state index in [9.17, 15) is 0 Å². The first-order valence-corrected chi connectivity index (χ1v) is 11.0. The summed E-state index contributed by atoms with van der Waals surface area (Å²) in [7, 11) is 5.10. The molecule has 0 aromatic carbocycles. The Morgan fingerprint density at radius 2 is 1.50 bits per heavy atom. The number of hydrogen-bond acceptors (Lipinski definition) is 4. The molecule has 1 aliphatic carbocycles. The van der Waals surface area contributed by atoms with E-state index in [4.69, 9.17) is 18.9 Å². The third kappa shape index (κ3) is 6.47. The summed E-state index contributed by atoms with van der Waals surface area (Å²) in [6.45, 7) is 2.27. The molecule has 1 saturated carbocycles. The molecule has 0 aromatic rings. The molecule has 2 rings (SSSR count). The molecule has 0 bridgehead atoms. The average molecular weight is 371 g/mol. The van der Waals surface area contributed by atoms with Crippen molar-refractivity contribution in [3.05, 3.63) is 0 Å². The molecule has 154 valence electrons. The fourth-order valence-electron chi connectivity index (χ4n) is 4.82. The molecule has 4 nitrogen and oxygen atoms in total. The van der Waals surface area contributed by atoms with Gasteiger partial charge in [0.25, 0.3) is 5.97 Å². The van der Waals surface area contributed by atoms with Crippen molar-refractivity contribution >= 4 is 0 Å². The van der Waals surface area contributed by atoms with Crippen LogP contribution in [0, 0.1) is 11.8 Å². The zero-order chi connectivity index (χ0) is 18.8. The van der Waals surface area contributed by atoms with E-state index in [2.05, 4.69) is 6.92 Å². The zero-order valence-electron chi connectivity index (χ0n) is 17.6. The highest BCUT2D eigenvalue weighted by molar-refractivity contribution is 4.91. The predicted octanol–water partition coefficient (Wildman–Crippen LogP) is 5.68. The molecule has 0 aromatic heterocycles. The zero-order valence-corrected chi connectivity index (χ0v) is 17.6. The highest BCUT2D eigenvalue weighted by Gasteiger charge is 2.44. The lowest BCUT2D eigenvalue weighted by atomic mass is 9.84. The number of unbranched alkanes of at least 4 members (excludes halogenated alkanes) is 5. The number of ether oxygens (including phenoxy) is 4. The largest absolute Gasteiger partial charge is 0.370 e. The molecule has 0 radical (unpaired) electrons. The van der Waals surface area contributed by atoms with Gasteiger partial charge in [0, 0.05) is 27.2 Å². The van der Waals surface area contributed by atoms with E-state index in [0.717, 1.165) is 18.8 Å². The summed E-state index contributed by atoms with van der Waals surface area (Å²) >= 11 is 0. The first kappa shape index (κ1) is 22.1. The van der Waals surface area contributed by atoms with Crippen molar-refractivity contribution in [1.29, 1.82) is 0 Å². The Hall–Kier alpha value is -0.160. The monoisotopic (exact) mass is 370 g/mol. The highest BCUT2D eigenvalue weighted by atomic mass is 16.9. The average Bonchev–Trinajstić information content (AvgIpc) is 3.44. The fourth-order valence-corrected chi connectivity index (χ4v) is 4.82. The van der Waals surface area contributed by atoms with Crippen LogP contribution in [-0.4, -0.2) is 39.5 Å². The molecule has 2 fully saturated rings. The maximum Gasteiger partial charge on any atom is 0.285 e. The molecule has 2 aliphatic rings. The number of hydrogen-bond donors (Lipinski definition) is 0. The van der Waals surface area contributed by atoms with Crippen LogP contribution in [0.15, 0.2) is 0 Å². The van der Waals surface area contributed by atoms with Crippen molar-refractivity contribution in [3.8, 4) is 0 Å². The second-order valence-corrected chi connectivity index (χ2v) is 8.29. The van der Waals surface area contributed by atoms with Crippen LogP contribution >= 0.6 is 0 Å². The SMILES string of the molecule is CCCCCCCCC(CCCC1CCC2OC2C1)C(OC)(OC)OC. The fraction of sp³-hybridized carbons (Fsp3) is 1.00. The minimum atomic E-state index is -0.888. The Kier molecular flexibility index (Phi) is 9.90. The van der Waals surface area contributed by atoms with E-state index < -0.39 is 5.97 Å². The number of rotatable bonds is 15. The van der Waals surface area contributed by atoms with Gasteiger partial charge in [0.15, 0.2) is 0 Å². The Morgan fingerprint density at radius 1 is 0.846 bits per heavy atom. The summed E-state index contributed by atoms with van der Waals surface area (Å²) in [5.41, 5.74) is 0. The molecular formula is C22H42O4. The van der Waals surface area contributed by atoms with Gasteiger partial charge < -0.3 is 18.9 Å². The third-order valence-electron chi connectivity index (χ3n) is 6.54. The van der Waals surface area contributed by atoms with Crippen molar-refractivity contribution in [2.45, 2.75) is 109 Å². The number of epoxide rings is 1. The van der Waals surface area contributed by atoms with Crippen LogP contribution in [0.3, 0.4) is 0 Å². The van der Waals surface area contributed by atoms with Gasteiger partial charge in [-0.15, -0.1) is 0 Å². The minimum absolute atomic E-state index is 0.294. The summed E-state index contributed by atoms with van der Waals surface area (Å²) in [5.74, 6) is 0.249. The van der Waals surface area contributed by atoms with E-state index in [1.54, 1.807) is 21.3 Å². The molecule has 1 aliphatic heterocycles. The van der Waals surface area contributed by atoms with Gasteiger partial charge in [0.05, 0.1) is 12.2 Å². The van der Waals surface area contributed by atoms with Gasteiger partial charge in [0.1, 0.15) is 0 Å². The standard InChI is InChI=1S/C22H42O4/c1-5-6-7-8-9-10-13-19(22(23-2,24-3)25-4)14-11-12-18-15-16-20-21(17-18)26-20/h18-21H,5-17H2,1-4H3. The van der Waals surface area contributed by atoms with E-state index >= 15 is 0 Å². The summed E-state index contributed by atoms with van der Waals surface area (Å²) < 4.78 is 22.8. The van der Waals surface area contributed by atoms with Crippen molar-refractivity contribution in [3.63, 3.8) is 0 Å². The third-order valence-corrected chi connectivity index (χ3v) is 6.54. The van der Waals surface area contributed by atoms with E-state index in [0.29, 0.717) is 18.1 Å². The van der Waals surface area contributed by atoms with Crippen LogP contribution < -0.4 is 0 Å². The van der Waals surface area contributed by atoms with Crippen LogP contribution in [0.5, 0.6) is 0 Å². The first-order valence-electron chi connectivity index (χ1n) is 11.0. The van der Waals surface area contributed by atoms with Crippen molar-refractivity contribution in [1.82, 2.24) is 0 Å². The second-order valence-electron chi connectivity index (χ2n) is 8.29. The van der Waals surface area contributed by atoms with Crippen LogP contribution in [0.1, 0.15) is 90.4 Å². The van der Waals surface area contributed by atoms with Crippen LogP contribution in [0.25, 0.3) is 0 Å². The van der Waals surface area contributed by atoms with Gasteiger partial charge >= 0.3 is 0 Å².